The molecule has 110 valence electrons. The Labute approximate surface area is 123 Å². The molecule has 1 aromatic carbocycles. The Hall–Kier alpha value is -2.30. The number of fused-ring (bicyclic) bond motifs is 1. The number of ether oxygens (including phenoxy) is 1. The second-order valence-corrected chi connectivity index (χ2v) is 5.52. The number of nitrogens with one attached hydrogen (secondary N) is 1. The van der Waals surface area contributed by atoms with Crippen LogP contribution in [-0.2, 0) is 11.8 Å². The van der Waals surface area contributed by atoms with Crippen molar-refractivity contribution in [2.45, 2.75) is 26.2 Å². The van der Waals surface area contributed by atoms with E-state index in [1.54, 1.807) is 7.11 Å². The average molecular weight is 285 g/mol. The third-order valence-electron chi connectivity index (χ3n) is 4.25. The molecular formula is C16H19N3O2. The Morgan fingerprint density at radius 2 is 2.10 bits per heavy atom. The van der Waals surface area contributed by atoms with Crippen molar-refractivity contribution < 1.29 is 9.53 Å². The molecule has 0 saturated carbocycles. The topological polar surface area (TPSA) is 56.2 Å². The number of rotatable bonds is 2. The minimum atomic E-state index is 0.0293. The molecule has 1 aromatic heterocycles. The van der Waals surface area contributed by atoms with Gasteiger partial charge < -0.3 is 10.1 Å². The Morgan fingerprint density at radius 3 is 2.71 bits per heavy atom. The molecule has 0 aliphatic carbocycles. The standard InChI is InChI=1S/C16H19N3O2/c1-9-5-12-11(13-8-17-19(3)10(13)2)6-16(20)18-14(12)7-15(9)21-4/h5,7-8,11H,6H2,1-4H3,(H,18,20). The first-order valence-corrected chi connectivity index (χ1v) is 6.98. The fourth-order valence-electron chi connectivity index (χ4n) is 2.96. The lowest BCUT2D eigenvalue weighted by Gasteiger charge is -2.27. The Morgan fingerprint density at radius 1 is 1.33 bits per heavy atom. The molecule has 0 saturated heterocycles. The van der Waals surface area contributed by atoms with E-state index >= 15 is 0 Å². The van der Waals surface area contributed by atoms with Gasteiger partial charge in [-0.15, -0.1) is 0 Å². The van der Waals surface area contributed by atoms with Crippen LogP contribution in [0.15, 0.2) is 18.3 Å². The molecule has 0 radical (unpaired) electrons. The molecule has 1 unspecified atom stereocenters. The summed E-state index contributed by atoms with van der Waals surface area (Å²) in [4.78, 5) is 12.0. The molecule has 0 fully saturated rings. The number of carbonyl (C=O) groups is 1. The molecule has 2 aromatic rings. The summed E-state index contributed by atoms with van der Waals surface area (Å²) in [7, 11) is 3.56. The Bertz CT molecular complexity index is 719. The van der Waals surface area contributed by atoms with Crippen LogP contribution in [-0.4, -0.2) is 22.8 Å². The van der Waals surface area contributed by atoms with Crippen molar-refractivity contribution in [3.05, 3.63) is 40.7 Å². The van der Waals surface area contributed by atoms with Gasteiger partial charge in [0, 0.05) is 42.4 Å². The van der Waals surface area contributed by atoms with Crippen molar-refractivity contribution in [3.63, 3.8) is 0 Å². The summed E-state index contributed by atoms with van der Waals surface area (Å²) in [5.41, 5.74) is 5.23. The summed E-state index contributed by atoms with van der Waals surface area (Å²) in [6, 6.07) is 4.01. The zero-order valence-electron chi connectivity index (χ0n) is 12.7. The summed E-state index contributed by atoms with van der Waals surface area (Å²) >= 11 is 0. The second kappa shape index (κ2) is 4.91. The molecule has 1 atom stereocenters. The molecule has 21 heavy (non-hydrogen) atoms. The molecule has 2 heterocycles. The first-order chi connectivity index (χ1) is 10.0. The molecule has 5 heteroatoms. The summed E-state index contributed by atoms with van der Waals surface area (Å²) in [6.07, 6.45) is 2.31. The molecule has 1 aliphatic rings. The SMILES string of the molecule is COc1cc2c(cc1C)C(c1cnn(C)c1C)CC(=O)N2. The van der Waals surface area contributed by atoms with Gasteiger partial charge in [-0.25, -0.2) is 0 Å². The maximum Gasteiger partial charge on any atom is 0.225 e. The fraction of sp³-hybridized carbons (Fsp3) is 0.375. The van der Waals surface area contributed by atoms with Crippen LogP contribution in [0.3, 0.4) is 0 Å². The van der Waals surface area contributed by atoms with E-state index in [1.165, 1.54) is 0 Å². The first-order valence-electron chi connectivity index (χ1n) is 6.98. The molecule has 0 bridgehead atoms. The number of nitrogens with zero attached hydrogens (tertiary/aromatic N) is 2. The number of benzene rings is 1. The van der Waals surface area contributed by atoms with Gasteiger partial charge in [0.15, 0.2) is 0 Å². The van der Waals surface area contributed by atoms with Gasteiger partial charge in [0.1, 0.15) is 5.75 Å². The average Bonchev–Trinajstić information content (AvgIpc) is 2.78. The summed E-state index contributed by atoms with van der Waals surface area (Å²) < 4.78 is 7.19. The van der Waals surface area contributed by atoms with Gasteiger partial charge in [-0.05, 0) is 31.0 Å². The zero-order valence-corrected chi connectivity index (χ0v) is 12.7. The number of methoxy groups -OCH3 is 1. The highest BCUT2D eigenvalue weighted by molar-refractivity contribution is 5.95. The van der Waals surface area contributed by atoms with Crippen LogP contribution in [0, 0.1) is 13.8 Å². The lowest BCUT2D eigenvalue weighted by Crippen LogP contribution is -2.24. The third-order valence-corrected chi connectivity index (χ3v) is 4.25. The molecule has 1 N–H and O–H groups in total. The molecule has 3 rings (SSSR count). The van der Waals surface area contributed by atoms with Crippen LogP contribution in [0.4, 0.5) is 5.69 Å². The maximum absolute atomic E-state index is 12.0. The fourth-order valence-corrected chi connectivity index (χ4v) is 2.96. The molecule has 0 spiro atoms. The van der Waals surface area contributed by atoms with E-state index in [-0.39, 0.29) is 11.8 Å². The van der Waals surface area contributed by atoms with Crippen molar-refractivity contribution in [2.24, 2.45) is 7.05 Å². The van der Waals surface area contributed by atoms with Gasteiger partial charge in [-0.3, -0.25) is 9.48 Å². The first kappa shape index (κ1) is 13.7. The van der Waals surface area contributed by atoms with E-state index in [9.17, 15) is 4.79 Å². The number of aryl methyl sites for hydroxylation is 2. The van der Waals surface area contributed by atoms with Crippen molar-refractivity contribution in [2.75, 3.05) is 12.4 Å². The smallest absolute Gasteiger partial charge is 0.225 e. The van der Waals surface area contributed by atoms with Gasteiger partial charge in [0.2, 0.25) is 5.91 Å². The van der Waals surface area contributed by atoms with Crippen LogP contribution in [0.5, 0.6) is 5.75 Å². The van der Waals surface area contributed by atoms with Gasteiger partial charge >= 0.3 is 0 Å². The number of amides is 1. The monoisotopic (exact) mass is 285 g/mol. The number of hydrogen-bond donors (Lipinski definition) is 1. The normalized spacial score (nSPS) is 17.3. The van der Waals surface area contributed by atoms with Crippen molar-refractivity contribution >= 4 is 11.6 Å². The van der Waals surface area contributed by atoms with Gasteiger partial charge in [0.05, 0.1) is 13.3 Å². The van der Waals surface area contributed by atoms with Crippen molar-refractivity contribution in [3.8, 4) is 5.75 Å². The predicted molar refractivity (Wildman–Crippen MR) is 80.8 cm³/mol. The van der Waals surface area contributed by atoms with E-state index in [2.05, 4.69) is 16.5 Å². The highest BCUT2D eigenvalue weighted by Gasteiger charge is 2.29. The van der Waals surface area contributed by atoms with E-state index in [4.69, 9.17) is 4.74 Å². The van der Waals surface area contributed by atoms with Crippen LogP contribution >= 0.6 is 0 Å². The Kier molecular flexibility index (Phi) is 3.20. The second-order valence-electron chi connectivity index (χ2n) is 5.52. The molecule has 5 nitrogen and oxygen atoms in total. The number of hydrogen-bond acceptors (Lipinski definition) is 3. The summed E-state index contributed by atoms with van der Waals surface area (Å²) in [5, 5.41) is 7.25. The largest absolute Gasteiger partial charge is 0.496 e. The maximum atomic E-state index is 12.0. The third kappa shape index (κ3) is 2.18. The highest BCUT2D eigenvalue weighted by Crippen LogP contribution is 2.40. The molecule has 1 aliphatic heterocycles. The van der Waals surface area contributed by atoms with E-state index in [1.807, 2.05) is 37.8 Å². The van der Waals surface area contributed by atoms with Crippen LogP contribution < -0.4 is 10.1 Å². The number of aromatic nitrogens is 2. The lowest BCUT2D eigenvalue weighted by molar-refractivity contribution is -0.116. The van der Waals surface area contributed by atoms with Crippen LogP contribution in [0.2, 0.25) is 0 Å². The Balaban J connectivity index is 2.15. The van der Waals surface area contributed by atoms with E-state index < -0.39 is 0 Å². The number of anilines is 1. The molecule has 1 amide bonds. The van der Waals surface area contributed by atoms with Crippen LogP contribution in [0.25, 0.3) is 0 Å². The van der Waals surface area contributed by atoms with E-state index in [0.29, 0.717) is 6.42 Å². The van der Waals surface area contributed by atoms with Gasteiger partial charge in [-0.1, -0.05) is 0 Å². The minimum absolute atomic E-state index is 0.0293. The van der Waals surface area contributed by atoms with Gasteiger partial charge in [-0.2, -0.15) is 5.10 Å². The summed E-state index contributed by atoms with van der Waals surface area (Å²) in [5.74, 6) is 0.867. The minimum Gasteiger partial charge on any atom is -0.496 e. The predicted octanol–water partition coefficient (Wildman–Crippen LogP) is 2.52. The van der Waals surface area contributed by atoms with Crippen LogP contribution in [0.1, 0.15) is 34.7 Å². The van der Waals surface area contributed by atoms with E-state index in [0.717, 1.165) is 33.8 Å². The highest BCUT2D eigenvalue weighted by atomic mass is 16.5. The zero-order chi connectivity index (χ0) is 15.1. The molecular weight excluding hydrogens is 266 g/mol. The number of carbonyl (C=O) groups excluding carboxylic acids is 1. The van der Waals surface area contributed by atoms with Crippen molar-refractivity contribution in [1.29, 1.82) is 0 Å². The summed E-state index contributed by atoms with van der Waals surface area (Å²) in [6.45, 7) is 4.05. The lowest BCUT2D eigenvalue weighted by atomic mass is 9.84. The quantitative estimate of drug-likeness (QED) is 0.922. The van der Waals surface area contributed by atoms with Crippen molar-refractivity contribution in [1.82, 2.24) is 9.78 Å². The van der Waals surface area contributed by atoms with Gasteiger partial charge in [0.25, 0.3) is 0 Å².